The summed E-state index contributed by atoms with van der Waals surface area (Å²) in [5.74, 6) is 0.0263. The van der Waals surface area contributed by atoms with Crippen LogP contribution >= 0.6 is 0 Å². The molecule has 1 unspecified atom stereocenters. The number of carbonyl (C=O) groups is 2. The molecule has 1 heterocycles. The quantitative estimate of drug-likeness (QED) is 0.752. The second kappa shape index (κ2) is 7.05. The average molecular weight is 275 g/mol. The summed E-state index contributed by atoms with van der Waals surface area (Å²) < 4.78 is 0. The molecule has 0 aliphatic carbocycles. The number of benzene rings is 1. The van der Waals surface area contributed by atoms with Crippen molar-refractivity contribution in [2.75, 3.05) is 18.4 Å². The minimum Gasteiger partial charge on any atom is -0.356 e. The molecule has 5 nitrogen and oxygen atoms in total. The van der Waals surface area contributed by atoms with Gasteiger partial charge in [0.1, 0.15) is 0 Å². The maximum atomic E-state index is 11.9. The van der Waals surface area contributed by atoms with Gasteiger partial charge in [-0.25, -0.2) is 0 Å². The Balaban J connectivity index is 1.87. The summed E-state index contributed by atoms with van der Waals surface area (Å²) in [7, 11) is 0. The molecule has 3 N–H and O–H groups in total. The Kier molecular flexibility index (Phi) is 5.12. The van der Waals surface area contributed by atoms with Gasteiger partial charge in [0.25, 0.3) is 0 Å². The van der Waals surface area contributed by atoms with Crippen molar-refractivity contribution in [2.45, 2.75) is 32.2 Å². The van der Waals surface area contributed by atoms with Crippen LogP contribution in [0, 0.1) is 0 Å². The number of anilines is 1. The molecule has 1 saturated heterocycles. The Bertz CT molecular complexity index is 465. The molecule has 1 aliphatic rings. The molecular weight excluding hydrogens is 254 g/mol. The van der Waals surface area contributed by atoms with Crippen LogP contribution < -0.4 is 16.0 Å². The van der Waals surface area contributed by atoms with E-state index in [1.165, 1.54) is 0 Å². The summed E-state index contributed by atoms with van der Waals surface area (Å²) in [5, 5.41) is 8.81. The van der Waals surface area contributed by atoms with Crippen LogP contribution in [0.4, 0.5) is 5.69 Å². The zero-order chi connectivity index (χ0) is 14.4. The fraction of sp³-hybridized carbons (Fsp3) is 0.467. The Morgan fingerprint density at radius 3 is 2.65 bits per heavy atom. The first-order chi connectivity index (χ1) is 9.69. The van der Waals surface area contributed by atoms with Crippen LogP contribution in [0.3, 0.4) is 0 Å². The van der Waals surface area contributed by atoms with E-state index in [0.29, 0.717) is 13.0 Å². The number of likely N-dealkylation sites (N-methyl/N-ethyl adjacent to an activating group) is 1. The summed E-state index contributed by atoms with van der Waals surface area (Å²) in [5.41, 5.74) is 1.70. The zero-order valence-electron chi connectivity index (χ0n) is 11.7. The van der Waals surface area contributed by atoms with Crippen molar-refractivity contribution in [3.8, 4) is 0 Å². The van der Waals surface area contributed by atoms with E-state index in [2.05, 4.69) is 16.0 Å². The van der Waals surface area contributed by atoms with Crippen molar-refractivity contribution in [2.24, 2.45) is 0 Å². The summed E-state index contributed by atoms with van der Waals surface area (Å²) in [4.78, 5) is 23.4. The van der Waals surface area contributed by atoms with E-state index < -0.39 is 0 Å². The van der Waals surface area contributed by atoms with Crippen molar-refractivity contribution < 1.29 is 9.59 Å². The Labute approximate surface area is 119 Å². The van der Waals surface area contributed by atoms with Crippen molar-refractivity contribution in [1.82, 2.24) is 10.6 Å². The third-order valence-electron chi connectivity index (χ3n) is 3.34. The highest BCUT2D eigenvalue weighted by atomic mass is 16.2. The molecular formula is C15H21N3O2. The monoisotopic (exact) mass is 275 g/mol. The molecule has 1 aromatic rings. The van der Waals surface area contributed by atoms with E-state index in [4.69, 9.17) is 0 Å². The van der Waals surface area contributed by atoms with Gasteiger partial charge in [-0.15, -0.1) is 0 Å². The third-order valence-corrected chi connectivity index (χ3v) is 3.34. The van der Waals surface area contributed by atoms with E-state index in [1.54, 1.807) is 0 Å². The summed E-state index contributed by atoms with van der Waals surface area (Å²) in [6.45, 7) is 3.44. The van der Waals surface area contributed by atoms with Crippen LogP contribution in [0.15, 0.2) is 24.3 Å². The van der Waals surface area contributed by atoms with Crippen molar-refractivity contribution >= 4 is 17.5 Å². The summed E-state index contributed by atoms with van der Waals surface area (Å²) >= 11 is 0. The first-order valence-corrected chi connectivity index (χ1v) is 7.09. The van der Waals surface area contributed by atoms with Crippen molar-refractivity contribution in [1.29, 1.82) is 0 Å². The molecule has 1 atom stereocenters. The van der Waals surface area contributed by atoms with E-state index in [0.717, 1.165) is 30.6 Å². The highest BCUT2D eigenvalue weighted by molar-refractivity contribution is 5.95. The molecule has 108 valence electrons. The standard InChI is InChI=1S/C15H21N3O2/c1-2-16-14(19)10-11-5-7-12(8-6-11)18-15(20)13-4-3-9-17-13/h5-8,13,17H,2-4,9-10H2,1H3,(H,16,19)(H,18,20). The van der Waals surface area contributed by atoms with Crippen LogP contribution in [-0.2, 0) is 16.0 Å². The summed E-state index contributed by atoms with van der Waals surface area (Å²) in [6, 6.07) is 7.33. The highest BCUT2D eigenvalue weighted by Gasteiger charge is 2.21. The maximum Gasteiger partial charge on any atom is 0.241 e. The minimum absolute atomic E-state index is 0.0129. The maximum absolute atomic E-state index is 11.9. The summed E-state index contributed by atoms with van der Waals surface area (Å²) in [6.07, 6.45) is 2.30. The molecule has 0 radical (unpaired) electrons. The average Bonchev–Trinajstić information content (AvgIpc) is 2.95. The van der Waals surface area contributed by atoms with E-state index >= 15 is 0 Å². The van der Waals surface area contributed by atoms with Gasteiger partial charge >= 0.3 is 0 Å². The van der Waals surface area contributed by atoms with Crippen LogP contribution in [0.2, 0.25) is 0 Å². The van der Waals surface area contributed by atoms with Gasteiger partial charge in [-0.3, -0.25) is 9.59 Å². The molecule has 2 rings (SSSR count). The Hall–Kier alpha value is -1.88. The van der Waals surface area contributed by atoms with Crippen LogP contribution in [0.1, 0.15) is 25.3 Å². The normalized spacial score (nSPS) is 17.8. The lowest BCUT2D eigenvalue weighted by atomic mass is 10.1. The van der Waals surface area contributed by atoms with Gasteiger partial charge in [0, 0.05) is 12.2 Å². The van der Waals surface area contributed by atoms with Crippen LogP contribution in [-0.4, -0.2) is 30.9 Å². The third kappa shape index (κ3) is 4.06. The lowest BCUT2D eigenvalue weighted by molar-refractivity contribution is -0.120. The fourth-order valence-corrected chi connectivity index (χ4v) is 2.29. The molecule has 0 aromatic heterocycles. The molecule has 1 aromatic carbocycles. The molecule has 0 bridgehead atoms. The molecule has 1 fully saturated rings. The zero-order valence-corrected chi connectivity index (χ0v) is 11.7. The smallest absolute Gasteiger partial charge is 0.241 e. The molecule has 5 heteroatoms. The Morgan fingerprint density at radius 2 is 2.05 bits per heavy atom. The van der Waals surface area contributed by atoms with Gasteiger partial charge in [0.2, 0.25) is 11.8 Å². The molecule has 0 spiro atoms. The molecule has 1 aliphatic heterocycles. The first kappa shape index (κ1) is 14.5. The van der Waals surface area contributed by atoms with E-state index in [-0.39, 0.29) is 17.9 Å². The van der Waals surface area contributed by atoms with Crippen LogP contribution in [0.5, 0.6) is 0 Å². The predicted octanol–water partition coefficient (Wildman–Crippen LogP) is 1.06. The largest absolute Gasteiger partial charge is 0.356 e. The van der Waals surface area contributed by atoms with E-state index in [1.807, 2.05) is 31.2 Å². The number of rotatable bonds is 5. The van der Waals surface area contributed by atoms with Crippen molar-refractivity contribution in [3.05, 3.63) is 29.8 Å². The Morgan fingerprint density at radius 1 is 1.30 bits per heavy atom. The minimum atomic E-state index is -0.0787. The SMILES string of the molecule is CCNC(=O)Cc1ccc(NC(=O)C2CCCN2)cc1. The van der Waals surface area contributed by atoms with Gasteiger partial charge in [-0.05, 0) is 44.0 Å². The first-order valence-electron chi connectivity index (χ1n) is 7.09. The number of nitrogens with one attached hydrogen (secondary N) is 3. The van der Waals surface area contributed by atoms with E-state index in [9.17, 15) is 9.59 Å². The number of amides is 2. The van der Waals surface area contributed by atoms with Gasteiger partial charge in [-0.2, -0.15) is 0 Å². The topological polar surface area (TPSA) is 70.2 Å². The van der Waals surface area contributed by atoms with Crippen LogP contribution in [0.25, 0.3) is 0 Å². The highest BCUT2D eigenvalue weighted by Crippen LogP contribution is 2.12. The number of hydrogen-bond donors (Lipinski definition) is 3. The number of hydrogen-bond acceptors (Lipinski definition) is 3. The molecule has 2 amide bonds. The fourth-order valence-electron chi connectivity index (χ4n) is 2.29. The number of carbonyl (C=O) groups excluding carboxylic acids is 2. The van der Waals surface area contributed by atoms with Gasteiger partial charge in [0.15, 0.2) is 0 Å². The predicted molar refractivity (Wildman–Crippen MR) is 78.5 cm³/mol. The lowest BCUT2D eigenvalue weighted by Gasteiger charge is -2.11. The molecule has 0 saturated carbocycles. The second-order valence-electron chi connectivity index (χ2n) is 4.97. The van der Waals surface area contributed by atoms with Gasteiger partial charge in [-0.1, -0.05) is 12.1 Å². The lowest BCUT2D eigenvalue weighted by Crippen LogP contribution is -2.35. The van der Waals surface area contributed by atoms with Gasteiger partial charge in [0.05, 0.1) is 12.5 Å². The van der Waals surface area contributed by atoms with Gasteiger partial charge < -0.3 is 16.0 Å². The van der Waals surface area contributed by atoms with Crippen molar-refractivity contribution in [3.63, 3.8) is 0 Å². The second-order valence-corrected chi connectivity index (χ2v) is 4.97. The molecule has 20 heavy (non-hydrogen) atoms.